The molecule has 0 saturated carbocycles. The van der Waals surface area contributed by atoms with Gasteiger partial charge in [-0.05, 0) is 49.6 Å². The lowest BCUT2D eigenvalue weighted by Gasteiger charge is -2.15. The van der Waals surface area contributed by atoms with Crippen LogP contribution in [0.5, 0.6) is 11.5 Å². The number of methoxy groups -OCH3 is 2. The molecule has 0 saturated heterocycles. The van der Waals surface area contributed by atoms with Gasteiger partial charge in [0.25, 0.3) is 0 Å². The van der Waals surface area contributed by atoms with Gasteiger partial charge in [-0.2, -0.15) is 0 Å². The van der Waals surface area contributed by atoms with Gasteiger partial charge in [-0.25, -0.2) is 4.79 Å². The predicted octanol–water partition coefficient (Wildman–Crippen LogP) is 3.89. The normalized spacial score (nSPS) is 12.1. The molecule has 1 atom stereocenters. The zero-order valence-corrected chi connectivity index (χ0v) is 18.6. The van der Waals surface area contributed by atoms with Crippen LogP contribution in [-0.4, -0.2) is 31.2 Å². The van der Waals surface area contributed by atoms with Gasteiger partial charge in [-0.3, -0.25) is 4.79 Å². The Labute approximate surface area is 185 Å². The monoisotopic (exact) mass is 434 g/mol. The standard InChI is InChI=1S/C25H26N2O5/c1-14(11-16-13-26-20-8-6-5-7-18(16)20)27-22(28)12-19-15(2)17-9-10-21(30-3)24(31-4)23(17)32-25(19)29/h5-10,13-14,26H,11-12H2,1-4H3,(H,27,28)/t14-/m1/s1. The van der Waals surface area contributed by atoms with Gasteiger partial charge in [0.2, 0.25) is 11.7 Å². The highest BCUT2D eigenvalue weighted by Gasteiger charge is 2.20. The molecule has 0 spiro atoms. The van der Waals surface area contributed by atoms with Gasteiger partial charge in [-0.15, -0.1) is 0 Å². The van der Waals surface area contributed by atoms with Crippen molar-refractivity contribution in [3.63, 3.8) is 0 Å². The fourth-order valence-electron chi connectivity index (χ4n) is 4.14. The molecule has 2 aromatic heterocycles. The lowest BCUT2D eigenvalue weighted by Crippen LogP contribution is -2.36. The second-order valence-electron chi connectivity index (χ2n) is 7.88. The van der Waals surface area contributed by atoms with E-state index >= 15 is 0 Å². The number of carbonyl (C=O) groups is 1. The Balaban J connectivity index is 1.53. The summed E-state index contributed by atoms with van der Waals surface area (Å²) in [4.78, 5) is 28.7. The van der Waals surface area contributed by atoms with Crippen LogP contribution in [0.3, 0.4) is 0 Å². The molecule has 32 heavy (non-hydrogen) atoms. The molecule has 0 aliphatic rings. The molecule has 2 aromatic carbocycles. The van der Waals surface area contributed by atoms with Gasteiger partial charge in [0, 0.05) is 28.5 Å². The molecule has 0 bridgehead atoms. The van der Waals surface area contributed by atoms with Gasteiger partial charge < -0.3 is 24.2 Å². The average Bonchev–Trinajstić information content (AvgIpc) is 3.18. The van der Waals surface area contributed by atoms with Crippen LogP contribution in [0.4, 0.5) is 0 Å². The number of hydrogen-bond donors (Lipinski definition) is 2. The van der Waals surface area contributed by atoms with Crippen LogP contribution >= 0.6 is 0 Å². The van der Waals surface area contributed by atoms with Gasteiger partial charge in [0.05, 0.1) is 26.2 Å². The first-order valence-corrected chi connectivity index (χ1v) is 10.4. The van der Waals surface area contributed by atoms with E-state index in [0.717, 1.165) is 16.5 Å². The predicted molar refractivity (Wildman–Crippen MR) is 124 cm³/mol. The minimum Gasteiger partial charge on any atom is -0.493 e. The fourth-order valence-corrected chi connectivity index (χ4v) is 4.14. The van der Waals surface area contributed by atoms with Crippen molar-refractivity contribution in [1.82, 2.24) is 10.3 Å². The third-order valence-corrected chi connectivity index (χ3v) is 5.74. The molecule has 4 aromatic rings. The highest BCUT2D eigenvalue weighted by Crippen LogP contribution is 2.36. The maximum atomic E-state index is 12.7. The number of aromatic amines is 1. The molecule has 2 heterocycles. The molecule has 0 fully saturated rings. The van der Waals surface area contributed by atoms with Gasteiger partial charge in [0.1, 0.15) is 0 Å². The SMILES string of the molecule is COc1ccc2c(C)c(CC(=O)N[C@H](C)Cc3c[nH]c4ccccc34)c(=O)oc2c1OC. The number of nitrogens with one attached hydrogen (secondary N) is 2. The number of amides is 1. The Morgan fingerprint density at radius 1 is 1.12 bits per heavy atom. The van der Waals surface area contributed by atoms with Crippen molar-refractivity contribution in [2.45, 2.75) is 32.7 Å². The molecule has 0 radical (unpaired) electrons. The van der Waals surface area contributed by atoms with Crippen molar-refractivity contribution in [1.29, 1.82) is 0 Å². The van der Waals surface area contributed by atoms with E-state index in [2.05, 4.69) is 16.4 Å². The Hall–Kier alpha value is -3.74. The Bertz CT molecular complexity index is 1350. The average molecular weight is 434 g/mol. The number of aromatic nitrogens is 1. The largest absolute Gasteiger partial charge is 0.493 e. The first-order chi connectivity index (χ1) is 15.4. The molecule has 7 heteroatoms. The van der Waals surface area contributed by atoms with Crippen LogP contribution in [0.15, 0.2) is 51.8 Å². The first kappa shape index (κ1) is 21.5. The van der Waals surface area contributed by atoms with E-state index in [1.54, 1.807) is 12.1 Å². The second-order valence-corrected chi connectivity index (χ2v) is 7.88. The summed E-state index contributed by atoms with van der Waals surface area (Å²) in [6.07, 6.45) is 2.59. The van der Waals surface area contributed by atoms with E-state index in [1.165, 1.54) is 14.2 Å². The number of carbonyl (C=O) groups excluding carboxylic acids is 1. The molecule has 2 N–H and O–H groups in total. The summed E-state index contributed by atoms with van der Waals surface area (Å²) >= 11 is 0. The summed E-state index contributed by atoms with van der Waals surface area (Å²) < 4.78 is 16.2. The quantitative estimate of drug-likeness (QED) is 0.431. The summed E-state index contributed by atoms with van der Waals surface area (Å²) in [7, 11) is 3.01. The lowest BCUT2D eigenvalue weighted by molar-refractivity contribution is -0.121. The highest BCUT2D eigenvalue weighted by atomic mass is 16.5. The summed E-state index contributed by atoms with van der Waals surface area (Å²) in [5.41, 5.74) is 2.98. The number of H-pyrrole nitrogens is 1. The van der Waals surface area contributed by atoms with E-state index < -0.39 is 5.63 Å². The first-order valence-electron chi connectivity index (χ1n) is 10.4. The Morgan fingerprint density at radius 2 is 1.91 bits per heavy atom. The Morgan fingerprint density at radius 3 is 2.66 bits per heavy atom. The summed E-state index contributed by atoms with van der Waals surface area (Å²) in [6, 6.07) is 11.5. The lowest BCUT2D eigenvalue weighted by atomic mass is 10.0. The van der Waals surface area contributed by atoms with Crippen LogP contribution < -0.4 is 20.4 Å². The van der Waals surface area contributed by atoms with E-state index in [0.29, 0.717) is 40.0 Å². The number of aryl methyl sites for hydroxylation is 1. The smallest absolute Gasteiger partial charge is 0.340 e. The van der Waals surface area contributed by atoms with Crippen molar-refractivity contribution in [2.75, 3.05) is 14.2 Å². The second kappa shape index (κ2) is 8.78. The van der Waals surface area contributed by atoms with Crippen LogP contribution in [0.1, 0.15) is 23.6 Å². The van der Waals surface area contributed by atoms with Gasteiger partial charge in [-0.1, -0.05) is 18.2 Å². The fraction of sp³-hybridized carbons (Fsp3) is 0.280. The number of rotatable bonds is 7. The molecular weight excluding hydrogens is 408 g/mol. The van der Waals surface area contributed by atoms with E-state index in [1.807, 2.05) is 38.2 Å². The van der Waals surface area contributed by atoms with Crippen molar-refractivity contribution in [2.24, 2.45) is 0 Å². The van der Waals surface area contributed by atoms with Crippen LogP contribution in [0.2, 0.25) is 0 Å². The van der Waals surface area contributed by atoms with Crippen molar-refractivity contribution in [3.05, 3.63) is 69.7 Å². The molecule has 1 amide bonds. The number of fused-ring (bicyclic) bond motifs is 2. The molecular formula is C25H26N2O5. The molecule has 166 valence electrons. The number of ether oxygens (including phenoxy) is 2. The topological polar surface area (TPSA) is 93.6 Å². The third-order valence-electron chi connectivity index (χ3n) is 5.74. The summed E-state index contributed by atoms with van der Waals surface area (Å²) in [5.74, 6) is 0.597. The third kappa shape index (κ3) is 3.93. The number of para-hydroxylation sites is 1. The minimum absolute atomic E-state index is 0.0589. The maximum absolute atomic E-state index is 12.7. The van der Waals surface area contributed by atoms with E-state index in [4.69, 9.17) is 13.9 Å². The van der Waals surface area contributed by atoms with E-state index in [-0.39, 0.29) is 18.4 Å². The van der Waals surface area contributed by atoms with Crippen molar-refractivity contribution in [3.8, 4) is 11.5 Å². The van der Waals surface area contributed by atoms with Crippen LogP contribution in [0.25, 0.3) is 21.9 Å². The number of hydrogen-bond acceptors (Lipinski definition) is 5. The molecule has 0 unspecified atom stereocenters. The van der Waals surface area contributed by atoms with Crippen LogP contribution in [0, 0.1) is 6.92 Å². The van der Waals surface area contributed by atoms with Crippen molar-refractivity contribution >= 4 is 27.8 Å². The minimum atomic E-state index is -0.555. The zero-order valence-electron chi connectivity index (χ0n) is 18.6. The Kier molecular flexibility index (Phi) is 5.90. The highest BCUT2D eigenvalue weighted by molar-refractivity contribution is 5.90. The van der Waals surface area contributed by atoms with Crippen LogP contribution in [-0.2, 0) is 17.6 Å². The molecule has 7 nitrogen and oxygen atoms in total. The molecule has 0 aliphatic heterocycles. The van der Waals surface area contributed by atoms with E-state index in [9.17, 15) is 9.59 Å². The van der Waals surface area contributed by atoms with Crippen molar-refractivity contribution < 1.29 is 18.7 Å². The van der Waals surface area contributed by atoms with Gasteiger partial charge >= 0.3 is 5.63 Å². The molecule has 0 aliphatic carbocycles. The van der Waals surface area contributed by atoms with Gasteiger partial charge in [0.15, 0.2) is 11.3 Å². The number of benzene rings is 2. The summed E-state index contributed by atoms with van der Waals surface area (Å²) in [6.45, 7) is 3.76. The maximum Gasteiger partial charge on any atom is 0.340 e. The molecule has 4 rings (SSSR count). The summed E-state index contributed by atoms with van der Waals surface area (Å²) in [5, 5.41) is 4.84. The zero-order chi connectivity index (χ0) is 22.8.